The van der Waals surface area contributed by atoms with Gasteiger partial charge in [-0.25, -0.2) is 4.98 Å². The second kappa shape index (κ2) is 6.26. The Hall–Kier alpha value is -2.49. The van der Waals surface area contributed by atoms with Gasteiger partial charge >= 0.3 is 0 Å². The fourth-order valence-corrected chi connectivity index (χ4v) is 6.68. The van der Waals surface area contributed by atoms with Crippen LogP contribution < -0.4 is 0 Å². The lowest BCUT2D eigenvalue weighted by molar-refractivity contribution is -0.396. The maximum absolute atomic E-state index is 11.3. The molecule has 6 rings (SSSR count). The molecule has 0 unspecified atom stereocenters. The molecule has 0 radical (unpaired) electrons. The number of nitrogens with zero attached hydrogens (tertiary/aromatic N) is 4. The van der Waals surface area contributed by atoms with Crippen molar-refractivity contribution in [1.29, 1.82) is 0 Å². The summed E-state index contributed by atoms with van der Waals surface area (Å²) in [6.07, 6.45) is 7.46. The molecule has 10 heteroatoms. The number of aromatic amines is 1. The maximum Gasteiger partial charge on any atom is 0.290 e. The van der Waals surface area contributed by atoms with E-state index in [1.807, 2.05) is 0 Å². The molecule has 1 heterocycles. The molecule has 0 aliphatic heterocycles. The lowest BCUT2D eigenvalue weighted by Crippen LogP contribution is -2.49. The van der Waals surface area contributed by atoms with E-state index in [4.69, 9.17) is 4.98 Å². The molecule has 4 aliphatic rings. The van der Waals surface area contributed by atoms with Crippen LogP contribution in [0.4, 0.5) is 11.4 Å². The van der Waals surface area contributed by atoms with Gasteiger partial charge in [0.25, 0.3) is 11.4 Å². The Kier molecular flexibility index (Phi) is 3.94. The highest BCUT2D eigenvalue weighted by molar-refractivity contribution is 7.99. The molecular weight excluding hydrogens is 382 g/mol. The van der Waals surface area contributed by atoms with Crippen LogP contribution in [0, 0.1) is 38.0 Å². The van der Waals surface area contributed by atoms with Gasteiger partial charge in [0, 0.05) is 11.5 Å². The Morgan fingerprint density at radius 3 is 2.25 bits per heavy atom. The third-order valence-electron chi connectivity index (χ3n) is 6.56. The van der Waals surface area contributed by atoms with E-state index in [1.54, 1.807) is 0 Å². The first-order chi connectivity index (χ1) is 13.4. The molecule has 28 heavy (non-hydrogen) atoms. The topological polar surface area (TPSA) is 128 Å². The zero-order chi connectivity index (χ0) is 19.5. The van der Waals surface area contributed by atoms with Gasteiger partial charge in [0.15, 0.2) is 0 Å². The Morgan fingerprint density at radius 2 is 1.68 bits per heavy atom. The van der Waals surface area contributed by atoms with Crippen LogP contribution in [0.5, 0.6) is 0 Å². The Labute approximate surface area is 164 Å². The predicted molar refractivity (Wildman–Crippen MR) is 100 cm³/mol. The van der Waals surface area contributed by atoms with Crippen LogP contribution in [0.1, 0.15) is 44.3 Å². The molecular formula is C18H19N5O4S. The van der Waals surface area contributed by atoms with Crippen molar-refractivity contribution < 1.29 is 9.85 Å². The number of rotatable bonds is 5. The first-order valence-corrected chi connectivity index (χ1v) is 10.3. The summed E-state index contributed by atoms with van der Waals surface area (Å²) >= 11 is 1.07. The van der Waals surface area contributed by atoms with Gasteiger partial charge in [-0.05, 0) is 74.1 Å². The van der Waals surface area contributed by atoms with Crippen molar-refractivity contribution in [3.63, 3.8) is 0 Å². The lowest BCUT2D eigenvalue weighted by Gasteiger charge is -2.55. The minimum Gasteiger partial charge on any atom is -0.262 e. The highest BCUT2D eigenvalue weighted by Gasteiger charge is 2.53. The molecule has 146 valence electrons. The normalized spacial score (nSPS) is 30.5. The number of hydrogen-bond donors (Lipinski definition) is 1. The van der Waals surface area contributed by atoms with E-state index in [-0.39, 0.29) is 16.8 Å². The van der Waals surface area contributed by atoms with Gasteiger partial charge in [-0.3, -0.25) is 25.3 Å². The molecule has 1 aromatic carbocycles. The molecule has 0 amide bonds. The standard InChI is InChI=1S/C18H19N5O4S/c24-22(25)13-1-2-15(14(6-13)23(26)27)28-17-19-16(20-21-17)18-7-10-3-11(8-18)5-12(4-10)9-18/h1-2,6,10-12H,3-5,7-9H2,(H,19,20,21). The van der Waals surface area contributed by atoms with E-state index in [9.17, 15) is 20.2 Å². The molecule has 0 atom stereocenters. The Morgan fingerprint density at radius 1 is 1.04 bits per heavy atom. The summed E-state index contributed by atoms with van der Waals surface area (Å²) in [6.45, 7) is 0. The molecule has 4 bridgehead atoms. The van der Waals surface area contributed by atoms with Crippen LogP contribution in [0.3, 0.4) is 0 Å². The second-order valence-electron chi connectivity index (χ2n) is 8.43. The number of nitro groups is 2. The summed E-state index contributed by atoms with van der Waals surface area (Å²) in [6, 6.07) is 3.64. The van der Waals surface area contributed by atoms with Crippen LogP contribution in [0.15, 0.2) is 28.3 Å². The fraction of sp³-hybridized carbons (Fsp3) is 0.556. The molecule has 0 saturated heterocycles. The average molecular weight is 401 g/mol. The maximum atomic E-state index is 11.3. The van der Waals surface area contributed by atoms with Crippen LogP contribution in [0.25, 0.3) is 0 Å². The van der Waals surface area contributed by atoms with E-state index < -0.39 is 9.85 Å². The van der Waals surface area contributed by atoms with Crippen LogP contribution >= 0.6 is 11.8 Å². The fourth-order valence-electron chi connectivity index (χ4n) is 5.88. The average Bonchev–Trinajstić information content (AvgIpc) is 3.10. The number of nitro benzene ring substituents is 2. The zero-order valence-electron chi connectivity index (χ0n) is 15.0. The zero-order valence-corrected chi connectivity index (χ0v) is 15.9. The van der Waals surface area contributed by atoms with Crippen LogP contribution in [0.2, 0.25) is 0 Å². The van der Waals surface area contributed by atoms with Gasteiger partial charge in [0.05, 0.1) is 20.8 Å². The first kappa shape index (κ1) is 17.6. The Bertz CT molecular complexity index is 939. The lowest BCUT2D eigenvalue weighted by atomic mass is 9.49. The largest absolute Gasteiger partial charge is 0.290 e. The number of nitrogens with one attached hydrogen (secondary N) is 1. The molecule has 4 aliphatic carbocycles. The van der Waals surface area contributed by atoms with E-state index >= 15 is 0 Å². The number of aromatic nitrogens is 3. The van der Waals surface area contributed by atoms with Crippen molar-refractivity contribution in [1.82, 2.24) is 15.2 Å². The summed E-state index contributed by atoms with van der Waals surface area (Å²) < 4.78 is 0. The highest BCUT2D eigenvalue weighted by atomic mass is 32.2. The van der Waals surface area contributed by atoms with Crippen molar-refractivity contribution in [2.45, 2.75) is 54.0 Å². The van der Waals surface area contributed by atoms with Gasteiger partial charge in [0.2, 0.25) is 5.16 Å². The quantitative estimate of drug-likeness (QED) is 0.586. The molecule has 1 N–H and O–H groups in total. The SMILES string of the molecule is O=[N+]([O-])c1ccc(Sc2n[nH]c(C34CC5CC(CC(C5)C3)C4)n2)c([N+](=O)[O-])c1. The highest BCUT2D eigenvalue weighted by Crippen LogP contribution is 2.60. The molecule has 1 aromatic heterocycles. The van der Waals surface area contributed by atoms with Gasteiger partial charge in [-0.1, -0.05) is 0 Å². The summed E-state index contributed by atoms with van der Waals surface area (Å²) in [5.41, 5.74) is -0.539. The van der Waals surface area contributed by atoms with Crippen molar-refractivity contribution in [3.05, 3.63) is 44.3 Å². The van der Waals surface area contributed by atoms with Crippen molar-refractivity contribution in [2.75, 3.05) is 0 Å². The minimum absolute atomic E-state index is 0.0714. The van der Waals surface area contributed by atoms with Crippen LogP contribution in [-0.4, -0.2) is 25.0 Å². The van der Waals surface area contributed by atoms with E-state index in [1.165, 1.54) is 31.4 Å². The third kappa shape index (κ3) is 2.86. The Balaban J connectivity index is 1.42. The van der Waals surface area contributed by atoms with Crippen molar-refractivity contribution >= 4 is 23.1 Å². The molecule has 4 saturated carbocycles. The van der Waals surface area contributed by atoms with E-state index in [2.05, 4.69) is 10.2 Å². The summed E-state index contributed by atoms with van der Waals surface area (Å²) in [5.74, 6) is 3.24. The van der Waals surface area contributed by atoms with Crippen molar-refractivity contribution in [3.8, 4) is 0 Å². The van der Waals surface area contributed by atoms with Gasteiger partial charge in [-0.15, -0.1) is 5.10 Å². The third-order valence-corrected chi connectivity index (χ3v) is 7.49. The van der Waals surface area contributed by atoms with Gasteiger partial charge < -0.3 is 0 Å². The minimum atomic E-state index is -0.639. The van der Waals surface area contributed by atoms with Crippen LogP contribution in [-0.2, 0) is 5.41 Å². The molecule has 9 nitrogen and oxygen atoms in total. The predicted octanol–water partition coefficient (Wildman–Crippen LogP) is 4.24. The monoisotopic (exact) mass is 401 g/mol. The number of hydrogen-bond acceptors (Lipinski definition) is 7. The smallest absolute Gasteiger partial charge is 0.262 e. The molecule has 0 spiro atoms. The van der Waals surface area contributed by atoms with E-state index in [0.717, 1.165) is 60.7 Å². The summed E-state index contributed by atoms with van der Waals surface area (Å²) in [5, 5.41) is 30.1. The van der Waals surface area contributed by atoms with E-state index in [0.29, 0.717) is 10.1 Å². The molecule has 4 fully saturated rings. The second-order valence-corrected chi connectivity index (χ2v) is 9.44. The van der Waals surface area contributed by atoms with Gasteiger partial charge in [0.1, 0.15) is 5.82 Å². The molecule has 2 aromatic rings. The summed E-state index contributed by atoms with van der Waals surface area (Å²) in [7, 11) is 0. The number of benzene rings is 1. The summed E-state index contributed by atoms with van der Waals surface area (Å²) in [4.78, 5) is 26.0. The number of non-ortho nitro benzene ring substituents is 1. The number of H-pyrrole nitrogens is 1. The van der Waals surface area contributed by atoms with Crippen molar-refractivity contribution in [2.24, 2.45) is 17.8 Å². The first-order valence-electron chi connectivity index (χ1n) is 9.45. The van der Waals surface area contributed by atoms with Gasteiger partial charge in [-0.2, -0.15) is 0 Å².